The standard InChI is InChI=1S/C22H20N8O5/c1-3-32-15-7-4-13(5-8-15)19-18(25-29-30(19)21-20(23)27-35-28-21)22(31)26-24-12(2)14-6-9-16-17(10-14)34-11-33-16/h4-10H,3,11H2,1-2H3,(H2,23,27)(H,26,31). The van der Waals surface area contributed by atoms with E-state index in [4.69, 9.17) is 24.6 Å². The van der Waals surface area contributed by atoms with Crippen LogP contribution in [0.3, 0.4) is 0 Å². The van der Waals surface area contributed by atoms with E-state index >= 15 is 0 Å². The Morgan fingerprint density at radius 2 is 1.97 bits per heavy atom. The molecule has 13 heteroatoms. The van der Waals surface area contributed by atoms with Gasteiger partial charge in [-0.1, -0.05) is 5.21 Å². The molecule has 0 radical (unpaired) electrons. The Balaban J connectivity index is 1.47. The first-order valence-electron chi connectivity index (χ1n) is 10.6. The van der Waals surface area contributed by atoms with Crippen LogP contribution in [-0.4, -0.2) is 50.3 Å². The van der Waals surface area contributed by atoms with Gasteiger partial charge in [-0.15, -0.1) is 5.10 Å². The molecule has 0 saturated heterocycles. The number of carbonyl (C=O) groups excluding carboxylic acids is 1. The molecule has 0 unspecified atom stereocenters. The second kappa shape index (κ2) is 9.13. The fourth-order valence-corrected chi connectivity index (χ4v) is 3.43. The van der Waals surface area contributed by atoms with E-state index < -0.39 is 5.91 Å². The number of carbonyl (C=O) groups is 1. The van der Waals surface area contributed by atoms with Gasteiger partial charge in [0.2, 0.25) is 18.4 Å². The molecular weight excluding hydrogens is 456 g/mol. The lowest BCUT2D eigenvalue weighted by Gasteiger charge is -2.08. The molecule has 1 aliphatic rings. The Labute approximate surface area is 198 Å². The first-order chi connectivity index (χ1) is 17.0. The van der Waals surface area contributed by atoms with Crippen LogP contribution in [0.2, 0.25) is 0 Å². The monoisotopic (exact) mass is 476 g/mol. The minimum absolute atomic E-state index is 0.00111. The molecule has 3 N–H and O–H groups in total. The molecule has 0 fully saturated rings. The van der Waals surface area contributed by atoms with Gasteiger partial charge in [-0.05, 0) is 66.6 Å². The molecule has 0 atom stereocenters. The lowest BCUT2D eigenvalue weighted by molar-refractivity contribution is 0.0950. The predicted molar refractivity (Wildman–Crippen MR) is 122 cm³/mol. The van der Waals surface area contributed by atoms with Crippen molar-refractivity contribution >= 4 is 17.4 Å². The van der Waals surface area contributed by atoms with Crippen molar-refractivity contribution in [2.75, 3.05) is 19.1 Å². The topological polar surface area (TPSA) is 165 Å². The highest BCUT2D eigenvalue weighted by atomic mass is 16.7. The van der Waals surface area contributed by atoms with E-state index in [1.54, 1.807) is 43.3 Å². The van der Waals surface area contributed by atoms with Crippen LogP contribution in [0.5, 0.6) is 17.2 Å². The SMILES string of the molecule is CCOc1ccc(-c2c(C(=O)NN=C(C)c3ccc4c(c3)OCO4)nnn2-c2nonc2N)cc1. The first kappa shape index (κ1) is 21.9. The maximum atomic E-state index is 13.1. The molecule has 3 heterocycles. The third-order valence-electron chi connectivity index (χ3n) is 5.14. The van der Waals surface area contributed by atoms with E-state index in [1.807, 2.05) is 13.0 Å². The third kappa shape index (κ3) is 4.21. The van der Waals surface area contributed by atoms with Crippen LogP contribution >= 0.6 is 0 Å². The molecule has 0 aliphatic carbocycles. The summed E-state index contributed by atoms with van der Waals surface area (Å²) >= 11 is 0. The van der Waals surface area contributed by atoms with Gasteiger partial charge in [0.15, 0.2) is 17.2 Å². The maximum Gasteiger partial charge on any atom is 0.294 e. The van der Waals surface area contributed by atoms with E-state index in [2.05, 4.69) is 31.2 Å². The second-order valence-electron chi connectivity index (χ2n) is 7.34. The van der Waals surface area contributed by atoms with E-state index in [-0.39, 0.29) is 24.1 Å². The van der Waals surface area contributed by atoms with Crippen molar-refractivity contribution < 1.29 is 23.6 Å². The van der Waals surface area contributed by atoms with Crippen LogP contribution in [0.25, 0.3) is 17.1 Å². The molecule has 5 rings (SSSR count). The summed E-state index contributed by atoms with van der Waals surface area (Å²) in [5, 5.41) is 19.7. The third-order valence-corrected chi connectivity index (χ3v) is 5.14. The number of benzene rings is 2. The highest BCUT2D eigenvalue weighted by Crippen LogP contribution is 2.32. The van der Waals surface area contributed by atoms with Crippen LogP contribution in [0.4, 0.5) is 5.82 Å². The second-order valence-corrected chi connectivity index (χ2v) is 7.34. The summed E-state index contributed by atoms with van der Waals surface area (Å²) < 4.78 is 22.2. The van der Waals surface area contributed by atoms with Crippen LogP contribution in [0.1, 0.15) is 29.9 Å². The number of nitrogens with one attached hydrogen (secondary N) is 1. The van der Waals surface area contributed by atoms with E-state index in [9.17, 15) is 4.79 Å². The maximum absolute atomic E-state index is 13.1. The van der Waals surface area contributed by atoms with E-state index in [0.29, 0.717) is 40.8 Å². The number of anilines is 1. The highest BCUT2D eigenvalue weighted by molar-refractivity contribution is 6.02. The van der Waals surface area contributed by atoms with Gasteiger partial charge in [0.25, 0.3) is 5.91 Å². The van der Waals surface area contributed by atoms with Crippen molar-refractivity contribution in [2.45, 2.75) is 13.8 Å². The van der Waals surface area contributed by atoms with Crippen molar-refractivity contribution in [3.05, 3.63) is 53.7 Å². The minimum Gasteiger partial charge on any atom is -0.494 e. The quantitative estimate of drug-likeness (QED) is 0.298. The number of hydrogen-bond donors (Lipinski definition) is 2. The number of hydrogen-bond acceptors (Lipinski definition) is 11. The number of ether oxygens (including phenoxy) is 3. The van der Waals surface area contributed by atoms with Crippen molar-refractivity contribution in [3.8, 4) is 34.3 Å². The summed E-state index contributed by atoms with van der Waals surface area (Å²) in [6.45, 7) is 4.33. The fourth-order valence-electron chi connectivity index (χ4n) is 3.43. The highest BCUT2D eigenvalue weighted by Gasteiger charge is 2.25. The number of aromatic nitrogens is 5. The van der Waals surface area contributed by atoms with Gasteiger partial charge in [0.05, 0.1) is 12.3 Å². The van der Waals surface area contributed by atoms with Crippen molar-refractivity contribution in [3.63, 3.8) is 0 Å². The average molecular weight is 476 g/mol. The molecule has 178 valence electrons. The Hall–Kier alpha value is -4.94. The molecular formula is C22H20N8O5. The zero-order chi connectivity index (χ0) is 24.4. The molecule has 0 saturated carbocycles. The van der Waals surface area contributed by atoms with E-state index in [1.165, 1.54) is 4.68 Å². The zero-order valence-corrected chi connectivity index (χ0v) is 18.8. The molecule has 13 nitrogen and oxygen atoms in total. The van der Waals surface area contributed by atoms with Gasteiger partial charge in [0, 0.05) is 11.1 Å². The molecule has 2 aromatic carbocycles. The average Bonchev–Trinajstić information content (AvgIpc) is 3.61. The number of nitrogen functional groups attached to an aromatic ring is 1. The lowest BCUT2D eigenvalue weighted by Crippen LogP contribution is -2.21. The Morgan fingerprint density at radius 3 is 2.71 bits per heavy atom. The van der Waals surface area contributed by atoms with Crippen LogP contribution in [0.15, 0.2) is 52.2 Å². The number of nitrogens with two attached hydrogens (primary N) is 1. The van der Waals surface area contributed by atoms with Gasteiger partial charge in [-0.25, -0.2) is 10.1 Å². The number of fused-ring (bicyclic) bond motifs is 1. The van der Waals surface area contributed by atoms with Crippen LogP contribution in [0, 0.1) is 0 Å². The summed E-state index contributed by atoms with van der Waals surface area (Å²) in [7, 11) is 0. The van der Waals surface area contributed by atoms with Crippen LogP contribution < -0.4 is 25.4 Å². The Morgan fingerprint density at radius 1 is 1.17 bits per heavy atom. The largest absolute Gasteiger partial charge is 0.494 e. The molecule has 35 heavy (non-hydrogen) atoms. The summed E-state index contributed by atoms with van der Waals surface area (Å²) in [5.41, 5.74) is 10.6. The van der Waals surface area contributed by atoms with Crippen molar-refractivity contribution in [1.29, 1.82) is 0 Å². The van der Waals surface area contributed by atoms with Gasteiger partial charge in [0.1, 0.15) is 11.4 Å². The summed E-state index contributed by atoms with van der Waals surface area (Å²) in [6, 6.07) is 12.5. The van der Waals surface area contributed by atoms with Gasteiger partial charge >= 0.3 is 0 Å². The number of amides is 1. The van der Waals surface area contributed by atoms with Gasteiger partial charge < -0.3 is 19.9 Å². The Bertz CT molecular complexity index is 1410. The molecule has 4 aromatic rings. The lowest BCUT2D eigenvalue weighted by atomic mass is 10.1. The summed E-state index contributed by atoms with van der Waals surface area (Å²) in [4.78, 5) is 13.1. The summed E-state index contributed by atoms with van der Waals surface area (Å²) in [6.07, 6.45) is 0. The fraction of sp³-hybridized carbons (Fsp3) is 0.182. The number of rotatable bonds is 7. The molecule has 1 aliphatic heterocycles. The molecule has 0 bridgehead atoms. The number of hydrazone groups is 1. The Kier molecular flexibility index (Phi) is 5.71. The van der Waals surface area contributed by atoms with Gasteiger partial charge in [-0.3, -0.25) is 4.79 Å². The summed E-state index contributed by atoms with van der Waals surface area (Å²) in [5.74, 6) is 1.45. The minimum atomic E-state index is -0.588. The molecule has 1 amide bonds. The zero-order valence-electron chi connectivity index (χ0n) is 18.8. The van der Waals surface area contributed by atoms with E-state index in [0.717, 1.165) is 5.56 Å². The predicted octanol–water partition coefficient (Wildman–Crippen LogP) is 2.18. The molecule has 2 aromatic heterocycles. The smallest absolute Gasteiger partial charge is 0.294 e. The first-order valence-corrected chi connectivity index (χ1v) is 10.6. The normalized spacial score (nSPS) is 12.6. The van der Waals surface area contributed by atoms with Crippen LogP contribution in [-0.2, 0) is 0 Å². The van der Waals surface area contributed by atoms with Gasteiger partial charge in [-0.2, -0.15) is 9.78 Å². The number of nitrogens with zero attached hydrogens (tertiary/aromatic N) is 6. The van der Waals surface area contributed by atoms with Crippen molar-refractivity contribution in [1.82, 2.24) is 30.7 Å². The van der Waals surface area contributed by atoms with Crippen molar-refractivity contribution in [2.24, 2.45) is 5.10 Å². The molecule has 0 spiro atoms.